The molecular formula is C17H12FN5O2. The molecule has 0 bridgehead atoms. The van der Waals surface area contributed by atoms with Gasteiger partial charge in [0.15, 0.2) is 11.6 Å². The molecule has 0 saturated heterocycles. The predicted molar refractivity (Wildman–Crippen MR) is 88.5 cm³/mol. The number of nitrogens with two attached hydrogens (primary N) is 1. The van der Waals surface area contributed by atoms with E-state index in [0.29, 0.717) is 22.2 Å². The molecule has 1 aromatic carbocycles. The van der Waals surface area contributed by atoms with Crippen LogP contribution >= 0.6 is 0 Å². The van der Waals surface area contributed by atoms with Gasteiger partial charge >= 0.3 is 6.01 Å². The zero-order valence-electron chi connectivity index (χ0n) is 13.1. The maximum Gasteiger partial charge on any atom is 0.322 e. The standard InChI is InChI=1S/C17H12FN5O2/c1-9-4-5-20-17(23-9)25-13-3-2-10(6-12(13)18)11-7-24-16-14(11)15(19)21-8-22-16/h2-8H,1H3,(H2,19,21,22). The summed E-state index contributed by atoms with van der Waals surface area (Å²) in [5.41, 5.74) is 8.11. The van der Waals surface area contributed by atoms with E-state index in [9.17, 15) is 4.39 Å². The molecular weight excluding hydrogens is 325 g/mol. The van der Waals surface area contributed by atoms with E-state index in [2.05, 4.69) is 19.9 Å². The number of ether oxygens (including phenoxy) is 1. The summed E-state index contributed by atoms with van der Waals surface area (Å²) in [4.78, 5) is 16.0. The molecule has 4 rings (SSSR count). The van der Waals surface area contributed by atoms with Crippen LogP contribution in [0.1, 0.15) is 5.69 Å². The predicted octanol–water partition coefficient (Wildman–Crippen LogP) is 3.50. The summed E-state index contributed by atoms with van der Waals surface area (Å²) >= 11 is 0. The monoisotopic (exact) mass is 337 g/mol. The first-order valence-electron chi connectivity index (χ1n) is 7.37. The highest BCUT2D eigenvalue weighted by atomic mass is 19.1. The smallest absolute Gasteiger partial charge is 0.322 e. The molecule has 0 amide bonds. The van der Waals surface area contributed by atoms with Crippen LogP contribution in [-0.4, -0.2) is 19.9 Å². The highest BCUT2D eigenvalue weighted by molar-refractivity contribution is 5.98. The van der Waals surface area contributed by atoms with Crippen LogP contribution in [0.2, 0.25) is 0 Å². The molecule has 0 spiro atoms. The first-order chi connectivity index (χ1) is 12.1. The van der Waals surface area contributed by atoms with Crippen LogP contribution < -0.4 is 10.5 Å². The fourth-order valence-electron chi connectivity index (χ4n) is 2.44. The van der Waals surface area contributed by atoms with Gasteiger partial charge in [-0.3, -0.25) is 0 Å². The zero-order valence-corrected chi connectivity index (χ0v) is 13.1. The molecule has 2 N–H and O–H groups in total. The number of nitrogens with zero attached hydrogens (tertiary/aromatic N) is 4. The summed E-state index contributed by atoms with van der Waals surface area (Å²) in [7, 11) is 0. The first-order valence-corrected chi connectivity index (χ1v) is 7.37. The van der Waals surface area contributed by atoms with Gasteiger partial charge in [0.1, 0.15) is 18.4 Å². The van der Waals surface area contributed by atoms with Gasteiger partial charge in [-0.2, -0.15) is 0 Å². The molecule has 3 aromatic heterocycles. The van der Waals surface area contributed by atoms with Crippen molar-refractivity contribution in [3.05, 3.63) is 54.6 Å². The molecule has 0 aliphatic heterocycles. The Labute approximate surface area is 141 Å². The molecule has 4 aromatic rings. The maximum absolute atomic E-state index is 14.5. The highest BCUT2D eigenvalue weighted by Gasteiger charge is 2.15. The summed E-state index contributed by atoms with van der Waals surface area (Å²) < 4.78 is 25.2. The molecule has 0 saturated carbocycles. The number of furan rings is 1. The Morgan fingerprint density at radius 3 is 2.84 bits per heavy atom. The van der Waals surface area contributed by atoms with Gasteiger partial charge in [-0.1, -0.05) is 6.07 Å². The van der Waals surface area contributed by atoms with Crippen molar-refractivity contribution in [2.24, 2.45) is 0 Å². The van der Waals surface area contributed by atoms with Crippen molar-refractivity contribution in [2.75, 3.05) is 5.73 Å². The lowest BCUT2D eigenvalue weighted by Gasteiger charge is -2.07. The average Bonchev–Trinajstić information content (AvgIpc) is 3.02. The van der Waals surface area contributed by atoms with Gasteiger partial charge in [-0.25, -0.2) is 24.3 Å². The van der Waals surface area contributed by atoms with E-state index < -0.39 is 5.82 Å². The summed E-state index contributed by atoms with van der Waals surface area (Å²) in [5, 5.41) is 0.539. The summed E-state index contributed by atoms with van der Waals surface area (Å²) in [6.45, 7) is 1.80. The molecule has 0 fully saturated rings. The second-order valence-electron chi connectivity index (χ2n) is 5.32. The number of aromatic nitrogens is 4. The quantitative estimate of drug-likeness (QED) is 0.610. The number of benzene rings is 1. The minimum absolute atomic E-state index is 0.0198. The summed E-state index contributed by atoms with van der Waals surface area (Å²) in [6.07, 6.45) is 4.32. The molecule has 3 heterocycles. The van der Waals surface area contributed by atoms with Gasteiger partial charge in [-0.15, -0.1) is 0 Å². The van der Waals surface area contributed by atoms with Gasteiger partial charge in [0.25, 0.3) is 0 Å². The first kappa shape index (κ1) is 15.0. The SMILES string of the molecule is Cc1ccnc(Oc2ccc(-c3coc4ncnc(N)c34)cc2F)n1. The van der Waals surface area contributed by atoms with Crippen LogP contribution in [0.3, 0.4) is 0 Å². The lowest BCUT2D eigenvalue weighted by molar-refractivity contribution is 0.410. The van der Waals surface area contributed by atoms with Crippen LogP contribution in [0.25, 0.3) is 22.2 Å². The van der Waals surface area contributed by atoms with Gasteiger partial charge in [-0.05, 0) is 30.7 Å². The van der Waals surface area contributed by atoms with Crippen molar-refractivity contribution in [1.29, 1.82) is 0 Å². The summed E-state index contributed by atoms with van der Waals surface area (Å²) in [6, 6.07) is 6.31. The minimum Gasteiger partial charge on any atom is -0.445 e. The van der Waals surface area contributed by atoms with Crippen molar-refractivity contribution in [2.45, 2.75) is 6.92 Å². The molecule has 7 nitrogen and oxygen atoms in total. The lowest BCUT2D eigenvalue weighted by atomic mass is 10.1. The second kappa shape index (κ2) is 5.82. The highest BCUT2D eigenvalue weighted by Crippen LogP contribution is 2.34. The largest absolute Gasteiger partial charge is 0.445 e. The normalized spacial score (nSPS) is 11.0. The number of aryl methyl sites for hydroxylation is 1. The molecule has 124 valence electrons. The van der Waals surface area contributed by atoms with E-state index in [0.717, 1.165) is 5.69 Å². The molecule has 0 atom stereocenters. The van der Waals surface area contributed by atoms with Crippen LogP contribution in [0.5, 0.6) is 11.8 Å². The number of anilines is 1. The van der Waals surface area contributed by atoms with Crippen molar-refractivity contribution in [3.63, 3.8) is 0 Å². The van der Waals surface area contributed by atoms with E-state index in [1.165, 1.54) is 24.7 Å². The van der Waals surface area contributed by atoms with Crippen LogP contribution in [0.15, 0.2) is 47.5 Å². The van der Waals surface area contributed by atoms with Crippen LogP contribution in [0, 0.1) is 12.7 Å². The Bertz CT molecular complexity index is 1080. The second-order valence-corrected chi connectivity index (χ2v) is 5.32. The number of rotatable bonds is 3. The van der Waals surface area contributed by atoms with E-state index in [-0.39, 0.29) is 17.6 Å². The molecule has 0 unspecified atom stereocenters. The summed E-state index contributed by atoms with van der Waals surface area (Å²) in [5.74, 6) is -0.276. The Balaban J connectivity index is 1.72. The Hall–Kier alpha value is -3.55. The third-order valence-electron chi connectivity index (χ3n) is 3.62. The Kier molecular flexibility index (Phi) is 3.50. The molecule has 0 aliphatic rings. The zero-order chi connectivity index (χ0) is 17.4. The van der Waals surface area contributed by atoms with Gasteiger partial charge < -0.3 is 14.9 Å². The number of hydrogen-bond donors (Lipinski definition) is 1. The fourth-order valence-corrected chi connectivity index (χ4v) is 2.44. The Morgan fingerprint density at radius 1 is 1.16 bits per heavy atom. The van der Waals surface area contributed by atoms with Gasteiger partial charge in [0, 0.05) is 17.5 Å². The van der Waals surface area contributed by atoms with Crippen LogP contribution in [-0.2, 0) is 0 Å². The number of fused-ring (bicyclic) bond motifs is 1. The maximum atomic E-state index is 14.5. The van der Waals surface area contributed by atoms with E-state index in [1.807, 2.05) is 0 Å². The Morgan fingerprint density at radius 2 is 2.04 bits per heavy atom. The number of halogens is 1. The molecule has 0 aliphatic carbocycles. The van der Waals surface area contributed by atoms with E-state index in [1.54, 1.807) is 25.3 Å². The topological polar surface area (TPSA) is 100.0 Å². The minimum atomic E-state index is -0.563. The van der Waals surface area contributed by atoms with E-state index in [4.69, 9.17) is 14.9 Å². The lowest BCUT2D eigenvalue weighted by Crippen LogP contribution is -1.95. The number of hydrogen-bond acceptors (Lipinski definition) is 7. The van der Waals surface area contributed by atoms with Crippen molar-refractivity contribution < 1.29 is 13.5 Å². The third-order valence-corrected chi connectivity index (χ3v) is 3.62. The third kappa shape index (κ3) is 2.74. The number of nitrogen functional groups attached to an aromatic ring is 1. The molecule has 0 radical (unpaired) electrons. The molecule has 25 heavy (non-hydrogen) atoms. The van der Waals surface area contributed by atoms with Gasteiger partial charge in [0.2, 0.25) is 5.71 Å². The average molecular weight is 337 g/mol. The van der Waals surface area contributed by atoms with Crippen molar-refractivity contribution in [3.8, 4) is 22.9 Å². The van der Waals surface area contributed by atoms with E-state index >= 15 is 0 Å². The van der Waals surface area contributed by atoms with Crippen molar-refractivity contribution >= 4 is 16.9 Å². The fraction of sp³-hybridized carbons (Fsp3) is 0.0588. The molecule has 8 heteroatoms. The van der Waals surface area contributed by atoms with Crippen LogP contribution in [0.4, 0.5) is 10.2 Å². The van der Waals surface area contributed by atoms with Gasteiger partial charge in [0.05, 0.1) is 5.39 Å². The van der Waals surface area contributed by atoms with Crippen molar-refractivity contribution in [1.82, 2.24) is 19.9 Å².